The summed E-state index contributed by atoms with van der Waals surface area (Å²) in [6.07, 6.45) is -0.713. The van der Waals surface area contributed by atoms with Crippen LogP contribution in [0, 0.1) is 0 Å². The molecule has 5 nitrogen and oxygen atoms in total. The molecular formula is C25H23NO4. The number of aliphatic hydroxyl groups is 1. The summed E-state index contributed by atoms with van der Waals surface area (Å²) in [6, 6.07) is 23.0. The van der Waals surface area contributed by atoms with Crippen LogP contribution in [0.15, 0.2) is 88.1 Å². The van der Waals surface area contributed by atoms with Crippen LogP contribution in [0.3, 0.4) is 0 Å². The minimum atomic E-state index is -0.713. The molecule has 1 aromatic heterocycles. The van der Waals surface area contributed by atoms with Gasteiger partial charge in [-0.25, -0.2) is 0 Å². The van der Waals surface area contributed by atoms with Crippen molar-refractivity contribution in [3.63, 3.8) is 0 Å². The molecule has 0 aliphatic carbocycles. The molecule has 4 rings (SSSR count). The van der Waals surface area contributed by atoms with E-state index in [1.54, 1.807) is 6.07 Å². The van der Waals surface area contributed by atoms with Crippen LogP contribution in [-0.4, -0.2) is 16.3 Å². The van der Waals surface area contributed by atoms with E-state index in [1.807, 2.05) is 67.6 Å². The summed E-state index contributed by atoms with van der Waals surface area (Å²) in [7, 11) is 0. The molecule has 1 heterocycles. The van der Waals surface area contributed by atoms with Gasteiger partial charge in [-0.05, 0) is 24.6 Å². The van der Waals surface area contributed by atoms with Crippen molar-refractivity contribution in [2.24, 2.45) is 0 Å². The Labute approximate surface area is 174 Å². The quantitative estimate of drug-likeness (QED) is 0.447. The van der Waals surface area contributed by atoms with Crippen molar-refractivity contribution in [2.75, 3.05) is 0 Å². The normalized spacial score (nSPS) is 13.3. The fourth-order valence-corrected chi connectivity index (χ4v) is 3.49. The first kappa shape index (κ1) is 19.9. The second kappa shape index (κ2) is 8.53. The minimum absolute atomic E-state index is 0.0322. The Morgan fingerprint density at radius 3 is 2.33 bits per heavy atom. The molecule has 0 amide bonds. The van der Waals surface area contributed by atoms with E-state index in [0.717, 1.165) is 11.1 Å². The van der Waals surface area contributed by atoms with Gasteiger partial charge in [0.05, 0.1) is 17.1 Å². The lowest BCUT2D eigenvalue weighted by atomic mass is 10.0. The van der Waals surface area contributed by atoms with E-state index in [9.17, 15) is 15.0 Å². The number of rotatable bonds is 6. The Bertz CT molecular complexity index is 1200. The molecule has 30 heavy (non-hydrogen) atoms. The fraction of sp³-hybridized carbons (Fsp3) is 0.160. The first-order valence-electron chi connectivity index (χ1n) is 9.85. The van der Waals surface area contributed by atoms with E-state index in [2.05, 4.69) is 5.32 Å². The number of aromatic hydroxyl groups is 1. The van der Waals surface area contributed by atoms with Crippen LogP contribution in [0.1, 0.15) is 24.2 Å². The summed E-state index contributed by atoms with van der Waals surface area (Å²) in [6.45, 7) is 2.10. The molecular weight excluding hydrogens is 378 g/mol. The standard InChI is InChI=1S/C25H23NO4/c1-16(24(29)18-10-6-3-7-11-18)26-15-20-21(27)13-12-19-22(28)14-23(30-25(19)20)17-8-4-2-5-9-17/h2-14,16,24,26-27,29H,15H2,1H3. The number of phenolic OH excluding ortho intramolecular Hbond substituents is 1. The summed E-state index contributed by atoms with van der Waals surface area (Å²) >= 11 is 0. The highest BCUT2D eigenvalue weighted by atomic mass is 16.3. The summed E-state index contributed by atoms with van der Waals surface area (Å²) < 4.78 is 6.06. The number of nitrogens with one attached hydrogen (secondary N) is 1. The lowest BCUT2D eigenvalue weighted by Gasteiger charge is -2.21. The lowest BCUT2D eigenvalue weighted by Crippen LogP contribution is -2.31. The van der Waals surface area contributed by atoms with E-state index in [-0.39, 0.29) is 23.8 Å². The van der Waals surface area contributed by atoms with Gasteiger partial charge in [0.1, 0.15) is 17.1 Å². The Balaban J connectivity index is 1.67. The molecule has 4 aromatic rings. The van der Waals surface area contributed by atoms with Gasteiger partial charge in [-0.2, -0.15) is 0 Å². The SMILES string of the molecule is CC(NCc1c(O)ccc2c(=O)cc(-c3ccccc3)oc12)C(O)c1ccccc1. The highest BCUT2D eigenvalue weighted by molar-refractivity contribution is 5.83. The number of hydrogen-bond acceptors (Lipinski definition) is 5. The predicted octanol–water partition coefficient (Wildman–Crippen LogP) is 4.38. The summed E-state index contributed by atoms with van der Waals surface area (Å²) in [5.41, 5.74) is 2.24. The second-order valence-electron chi connectivity index (χ2n) is 7.31. The molecule has 0 radical (unpaired) electrons. The average molecular weight is 401 g/mol. The van der Waals surface area contributed by atoms with Gasteiger partial charge in [-0.1, -0.05) is 60.7 Å². The maximum atomic E-state index is 12.7. The van der Waals surface area contributed by atoms with Crippen molar-refractivity contribution < 1.29 is 14.6 Å². The second-order valence-corrected chi connectivity index (χ2v) is 7.31. The third kappa shape index (κ3) is 3.99. The molecule has 5 heteroatoms. The van der Waals surface area contributed by atoms with E-state index < -0.39 is 6.10 Å². The zero-order valence-electron chi connectivity index (χ0n) is 16.6. The molecule has 0 aliphatic heterocycles. The van der Waals surface area contributed by atoms with Crippen LogP contribution in [0.2, 0.25) is 0 Å². The van der Waals surface area contributed by atoms with E-state index in [1.165, 1.54) is 12.1 Å². The zero-order chi connectivity index (χ0) is 21.1. The average Bonchev–Trinajstić information content (AvgIpc) is 2.78. The maximum Gasteiger partial charge on any atom is 0.193 e. The van der Waals surface area contributed by atoms with E-state index in [4.69, 9.17) is 4.42 Å². The largest absolute Gasteiger partial charge is 0.507 e. The van der Waals surface area contributed by atoms with Crippen LogP contribution in [0.5, 0.6) is 5.75 Å². The van der Waals surface area contributed by atoms with Crippen LogP contribution >= 0.6 is 0 Å². The topological polar surface area (TPSA) is 82.7 Å². The van der Waals surface area contributed by atoms with Crippen LogP contribution in [0.4, 0.5) is 0 Å². The van der Waals surface area contributed by atoms with Crippen molar-refractivity contribution in [1.82, 2.24) is 5.32 Å². The molecule has 3 aromatic carbocycles. The van der Waals surface area contributed by atoms with Gasteiger partial charge in [0.2, 0.25) is 0 Å². The molecule has 0 saturated carbocycles. The van der Waals surface area contributed by atoms with Gasteiger partial charge < -0.3 is 19.9 Å². The van der Waals surface area contributed by atoms with E-state index in [0.29, 0.717) is 22.3 Å². The number of aliphatic hydroxyl groups excluding tert-OH is 1. The Kier molecular flexibility index (Phi) is 5.65. The van der Waals surface area contributed by atoms with Crippen molar-refractivity contribution in [2.45, 2.75) is 25.6 Å². The Hall–Kier alpha value is -3.41. The summed E-state index contributed by atoms with van der Waals surface area (Å²) in [4.78, 5) is 12.7. The number of benzene rings is 3. The van der Waals surface area contributed by atoms with Crippen molar-refractivity contribution in [1.29, 1.82) is 0 Å². The third-order valence-electron chi connectivity index (χ3n) is 5.25. The third-order valence-corrected chi connectivity index (χ3v) is 5.25. The lowest BCUT2D eigenvalue weighted by molar-refractivity contribution is 0.135. The van der Waals surface area contributed by atoms with E-state index >= 15 is 0 Å². The van der Waals surface area contributed by atoms with Gasteiger partial charge >= 0.3 is 0 Å². The van der Waals surface area contributed by atoms with Gasteiger partial charge in [-0.15, -0.1) is 0 Å². The highest BCUT2D eigenvalue weighted by Gasteiger charge is 2.19. The first-order chi connectivity index (χ1) is 14.5. The zero-order valence-corrected chi connectivity index (χ0v) is 16.6. The monoisotopic (exact) mass is 401 g/mol. The van der Waals surface area contributed by atoms with Crippen molar-refractivity contribution in [3.05, 3.63) is 100 Å². The molecule has 152 valence electrons. The van der Waals surface area contributed by atoms with Crippen molar-refractivity contribution in [3.8, 4) is 17.1 Å². The highest BCUT2D eigenvalue weighted by Crippen LogP contribution is 2.29. The molecule has 0 saturated heterocycles. The number of fused-ring (bicyclic) bond motifs is 1. The van der Waals surface area contributed by atoms with Crippen LogP contribution in [-0.2, 0) is 6.54 Å². The fourth-order valence-electron chi connectivity index (χ4n) is 3.49. The number of hydrogen-bond donors (Lipinski definition) is 3. The predicted molar refractivity (Wildman–Crippen MR) is 117 cm³/mol. The summed E-state index contributed by atoms with van der Waals surface area (Å²) in [5, 5.41) is 24.7. The van der Waals surface area contributed by atoms with Crippen molar-refractivity contribution >= 4 is 11.0 Å². The molecule has 0 spiro atoms. The van der Waals surface area contributed by atoms with Gasteiger partial charge in [0.25, 0.3) is 0 Å². The Morgan fingerprint density at radius 1 is 0.967 bits per heavy atom. The molecule has 0 bridgehead atoms. The molecule has 2 atom stereocenters. The molecule has 0 aliphatic rings. The van der Waals surface area contributed by atoms with Gasteiger partial charge in [-0.3, -0.25) is 4.79 Å². The van der Waals surface area contributed by atoms with Gasteiger partial charge in [0.15, 0.2) is 5.43 Å². The molecule has 0 fully saturated rings. The molecule has 3 N–H and O–H groups in total. The summed E-state index contributed by atoms with van der Waals surface area (Å²) in [5.74, 6) is 0.474. The maximum absolute atomic E-state index is 12.7. The smallest absolute Gasteiger partial charge is 0.193 e. The minimum Gasteiger partial charge on any atom is -0.507 e. The molecule has 2 unspecified atom stereocenters. The first-order valence-corrected chi connectivity index (χ1v) is 9.85. The van der Waals surface area contributed by atoms with Gasteiger partial charge in [0, 0.05) is 24.2 Å². The number of phenols is 1. The van der Waals surface area contributed by atoms with Crippen LogP contribution in [0.25, 0.3) is 22.3 Å². The van der Waals surface area contributed by atoms with Crippen LogP contribution < -0.4 is 10.7 Å². The Morgan fingerprint density at radius 2 is 1.63 bits per heavy atom.